The van der Waals surface area contributed by atoms with Gasteiger partial charge in [-0.05, 0) is 0 Å². The smallest absolute Gasteiger partial charge is 0.193 e. The first-order valence-corrected chi connectivity index (χ1v) is 3.04. The molecule has 7 heteroatoms. The number of amidine groups is 1. The quantitative estimate of drug-likeness (QED) is 0.215. The molecule has 0 amide bonds. The van der Waals surface area contributed by atoms with Crippen LogP contribution in [0.5, 0.6) is 0 Å². The van der Waals surface area contributed by atoms with Gasteiger partial charge in [-0.25, -0.2) is 0 Å². The van der Waals surface area contributed by atoms with Crippen LogP contribution in [0.3, 0.4) is 0 Å². The summed E-state index contributed by atoms with van der Waals surface area (Å²) < 4.78 is 7.30. The number of oxime groups is 1. The molecule has 0 aliphatic carbocycles. The Labute approximate surface area is 60.5 Å². The molecule has 0 saturated carbocycles. The molecule has 0 unspecified atom stereocenters. The van der Waals surface area contributed by atoms with Crippen LogP contribution in [0, 0.1) is 0 Å². The Hall–Kier alpha value is -1.37. The second-order valence-electron chi connectivity index (χ2n) is 1.48. The highest BCUT2D eigenvalue weighted by atomic mass is 32.1. The normalized spacial score (nSPS) is 11.8. The average molecular weight is 159 g/mol. The van der Waals surface area contributed by atoms with E-state index in [0.29, 0.717) is 0 Å². The summed E-state index contributed by atoms with van der Waals surface area (Å²) in [6.45, 7) is 0. The van der Waals surface area contributed by atoms with E-state index in [1.54, 1.807) is 0 Å². The molecule has 0 aliphatic rings. The molecule has 5 N–H and O–H groups in total. The van der Waals surface area contributed by atoms with E-state index in [-0.39, 0.29) is 17.3 Å². The van der Waals surface area contributed by atoms with Gasteiger partial charge in [0, 0.05) is 0 Å². The second kappa shape index (κ2) is 2.48. The van der Waals surface area contributed by atoms with Gasteiger partial charge in [0.2, 0.25) is 0 Å². The van der Waals surface area contributed by atoms with Gasteiger partial charge in [0.05, 0.1) is 11.7 Å². The van der Waals surface area contributed by atoms with Crippen LogP contribution in [0.1, 0.15) is 5.69 Å². The van der Waals surface area contributed by atoms with Crippen LogP contribution in [0.4, 0.5) is 5.82 Å². The number of nitrogens with zero attached hydrogens (tertiary/aromatic N) is 3. The van der Waals surface area contributed by atoms with Crippen molar-refractivity contribution in [2.45, 2.75) is 0 Å². The van der Waals surface area contributed by atoms with Gasteiger partial charge >= 0.3 is 0 Å². The van der Waals surface area contributed by atoms with E-state index in [1.165, 1.54) is 0 Å². The van der Waals surface area contributed by atoms with Gasteiger partial charge in [0.25, 0.3) is 0 Å². The number of hydrogen-bond donors (Lipinski definition) is 3. The minimum absolute atomic E-state index is 0.119. The van der Waals surface area contributed by atoms with E-state index in [2.05, 4.69) is 13.9 Å². The zero-order valence-corrected chi connectivity index (χ0v) is 5.67. The lowest BCUT2D eigenvalue weighted by Crippen LogP contribution is -2.15. The molecule has 1 aromatic rings. The van der Waals surface area contributed by atoms with Crippen molar-refractivity contribution < 1.29 is 5.21 Å². The molecule has 1 aromatic heterocycles. The van der Waals surface area contributed by atoms with Crippen LogP contribution in [0.2, 0.25) is 0 Å². The Morgan fingerprint density at radius 2 is 2.30 bits per heavy atom. The van der Waals surface area contributed by atoms with Crippen molar-refractivity contribution in [1.29, 1.82) is 0 Å². The van der Waals surface area contributed by atoms with E-state index < -0.39 is 0 Å². The summed E-state index contributed by atoms with van der Waals surface area (Å²) in [6.07, 6.45) is 0. The van der Waals surface area contributed by atoms with Gasteiger partial charge in [-0.3, -0.25) is 0 Å². The first-order valence-electron chi connectivity index (χ1n) is 2.31. The van der Waals surface area contributed by atoms with E-state index in [0.717, 1.165) is 11.7 Å². The molecular weight excluding hydrogens is 154 g/mol. The van der Waals surface area contributed by atoms with Gasteiger partial charge in [0.15, 0.2) is 17.3 Å². The summed E-state index contributed by atoms with van der Waals surface area (Å²) in [6, 6.07) is 0. The fourth-order valence-electron chi connectivity index (χ4n) is 0.421. The predicted octanol–water partition coefficient (Wildman–Crippen LogP) is -0.785. The van der Waals surface area contributed by atoms with Gasteiger partial charge in [-0.1, -0.05) is 5.16 Å². The molecule has 0 aliphatic heterocycles. The molecule has 0 bridgehead atoms. The van der Waals surface area contributed by atoms with Gasteiger partial charge in [-0.2, -0.15) is 8.75 Å². The van der Waals surface area contributed by atoms with Crippen LogP contribution in [-0.2, 0) is 0 Å². The fraction of sp³-hybridized carbons (Fsp3) is 0. The number of rotatable bonds is 1. The third kappa shape index (κ3) is 0.982. The molecule has 0 saturated heterocycles. The highest BCUT2D eigenvalue weighted by molar-refractivity contribution is 6.99. The maximum Gasteiger partial charge on any atom is 0.193 e. The van der Waals surface area contributed by atoms with E-state index in [9.17, 15) is 0 Å². The number of aromatic nitrogens is 2. The topological polar surface area (TPSA) is 110 Å². The number of hydrogen-bond acceptors (Lipinski definition) is 6. The minimum atomic E-state index is -0.119. The molecule has 0 aromatic carbocycles. The Kier molecular flexibility index (Phi) is 1.67. The Morgan fingerprint density at radius 3 is 2.70 bits per heavy atom. The minimum Gasteiger partial charge on any atom is -0.409 e. The summed E-state index contributed by atoms with van der Waals surface area (Å²) >= 11 is 0.913. The van der Waals surface area contributed by atoms with Crippen molar-refractivity contribution in [3.63, 3.8) is 0 Å². The first kappa shape index (κ1) is 6.75. The predicted molar refractivity (Wildman–Crippen MR) is 36.8 cm³/mol. The van der Waals surface area contributed by atoms with Crippen molar-refractivity contribution in [2.24, 2.45) is 10.9 Å². The molecule has 0 spiro atoms. The molecule has 1 rings (SSSR count). The van der Waals surface area contributed by atoms with Gasteiger partial charge < -0.3 is 16.7 Å². The summed E-state index contributed by atoms with van der Waals surface area (Å²) in [5.41, 5.74) is 10.7. The Balaban J connectivity index is 3.05. The van der Waals surface area contributed by atoms with Crippen LogP contribution in [-0.4, -0.2) is 19.8 Å². The molecule has 0 atom stereocenters. The maximum absolute atomic E-state index is 8.18. The van der Waals surface area contributed by atoms with E-state index in [4.69, 9.17) is 16.7 Å². The Morgan fingerprint density at radius 1 is 1.60 bits per heavy atom. The lowest BCUT2D eigenvalue weighted by atomic mass is 10.4. The number of nitrogens with two attached hydrogens (primary N) is 2. The summed E-state index contributed by atoms with van der Waals surface area (Å²) in [4.78, 5) is 0. The number of anilines is 1. The molecule has 0 radical (unpaired) electrons. The molecule has 1 heterocycles. The molecule has 0 fully saturated rings. The van der Waals surface area contributed by atoms with E-state index >= 15 is 0 Å². The first-order chi connectivity index (χ1) is 4.75. The Bertz CT molecular complexity index is 255. The maximum atomic E-state index is 8.18. The zero-order valence-electron chi connectivity index (χ0n) is 4.85. The summed E-state index contributed by atoms with van der Waals surface area (Å²) in [5.74, 6) is 0.0616. The standard InChI is InChI=1S/C3H5N5OS/c4-2(6-9)1-3(5)8-10-7-1/h9H,(H2,4,6)(H2,5,8). The van der Waals surface area contributed by atoms with E-state index in [1.807, 2.05) is 0 Å². The zero-order chi connectivity index (χ0) is 7.56. The highest BCUT2D eigenvalue weighted by Crippen LogP contribution is 2.05. The van der Waals surface area contributed by atoms with Crippen LogP contribution in [0.15, 0.2) is 5.16 Å². The van der Waals surface area contributed by atoms with Crippen molar-refractivity contribution in [2.75, 3.05) is 5.73 Å². The lowest BCUT2D eigenvalue weighted by molar-refractivity contribution is 0.318. The number of nitrogen functional groups attached to an aromatic ring is 1. The largest absolute Gasteiger partial charge is 0.409 e. The fourth-order valence-corrected chi connectivity index (χ4v) is 0.905. The molecular formula is C3H5N5OS. The van der Waals surface area contributed by atoms with Crippen LogP contribution >= 0.6 is 11.7 Å². The van der Waals surface area contributed by atoms with Crippen LogP contribution < -0.4 is 11.5 Å². The third-order valence-corrected chi connectivity index (χ3v) is 1.41. The lowest BCUT2D eigenvalue weighted by Gasteiger charge is -1.89. The van der Waals surface area contributed by atoms with Crippen molar-refractivity contribution in [3.8, 4) is 0 Å². The average Bonchev–Trinajstić information content (AvgIpc) is 2.34. The monoisotopic (exact) mass is 159 g/mol. The SMILES string of the molecule is N/C(=N\O)c1nsnc1N. The molecule has 54 valence electrons. The third-order valence-electron chi connectivity index (χ3n) is 0.864. The second-order valence-corrected chi connectivity index (χ2v) is 2.01. The van der Waals surface area contributed by atoms with Crippen molar-refractivity contribution in [3.05, 3.63) is 5.69 Å². The van der Waals surface area contributed by atoms with Gasteiger partial charge in [-0.15, -0.1) is 0 Å². The molecule has 6 nitrogen and oxygen atoms in total. The summed E-state index contributed by atoms with van der Waals surface area (Å²) in [7, 11) is 0. The van der Waals surface area contributed by atoms with Crippen molar-refractivity contribution in [1.82, 2.24) is 8.75 Å². The van der Waals surface area contributed by atoms with Crippen LogP contribution in [0.25, 0.3) is 0 Å². The molecule has 10 heavy (non-hydrogen) atoms. The van der Waals surface area contributed by atoms with Gasteiger partial charge in [0.1, 0.15) is 0 Å². The highest BCUT2D eigenvalue weighted by Gasteiger charge is 2.07. The summed E-state index contributed by atoms with van der Waals surface area (Å²) in [5, 5.41) is 10.9. The van der Waals surface area contributed by atoms with Crippen molar-refractivity contribution >= 4 is 23.4 Å².